The molecule has 0 aromatic heterocycles. The normalized spacial score (nSPS) is 12.0. The average molecular weight is 228 g/mol. The van der Waals surface area contributed by atoms with Crippen LogP contribution in [0.15, 0.2) is 0 Å². The van der Waals surface area contributed by atoms with Gasteiger partial charge < -0.3 is 13.3 Å². The monoisotopic (exact) mass is 228 g/mol. The van der Waals surface area contributed by atoms with Crippen LogP contribution in [0.4, 0.5) is 0 Å². The second-order valence-corrected chi connectivity index (χ2v) is 7.63. The fourth-order valence-corrected chi connectivity index (χ4v) is 5.16. The molecule has 0 bridgehead atoms. The molecule has 3 nitrogen and oxygen atoms in total. The highest BCUT2D eigenvalue weighted by atomic mass is 33.2. The van der Waals surface area contributed by atoms with Gasteiger partial charge in [-0.3, -0.25) is 0 Å². The Kier molecular flexibility index (Phi) is 7.70. The molecule has 0 aromatic carbocycles. The standard InChI is InChI=1S/C6H16O3S2Si/c1-4-7-12(11-10,8-5-2)9-6-3/h10H,4-6H2,1-3H3. The molecule has 0 radical (unpaired) electrons. The summed E-state index contributed by atoms with van der Waals surface area (Å²) in [6, 6.07) is 0. The minimum Gasteiger partial charge on any atom is -0.365 e. The van der Waals surface area contributed by atoms with Crippen molar-refractivity contribution in [3.8, 4) is 0 Å². The molecule has 74 valence electrons. The predicted molar refractivity (Wildman–Crippen MR) is 57.2 cm³/mol. The number of hydrogen-bond acceptors (Lipinski definition) is 5. The first-order valence-electron chi connectivity index (χ1n) is 3.99. The molecule has 0 amide bonds. The zero-order valence-corrected chi connectivity index (χ0v) is 10.4. The number of hydrogen-bond donors (Lipinski definition) is 1. The lowest BCUT2D eigenvalue weighted by atomic mass is 10.9. The molecule has 0 saturated heterocycles. The van der Waals surface area contributed by atoms with E-state index in [1.807, 2.05) is 20.8 Å². The van der Waals surface area contributed by atoms with E-state index in [9.17, 15) is 0 Å². The van der Waals surface area contributed by atoms with E-state index >= 15 is 0 Å². The fourth-order valence-electron chi connectivity index (χ4n) is 0.734. The van der Waals surface area contributed by atoms with Crippen molar-refractivity contribution in [2.24, 2.45) is 0 Å². The van der Waals surface area contributed by atoms with E-state index in [1.54, 1.807) is 0 Å². The summed E-state index contributed by atoms with van der Waals surface area (Å²) in [6.07, 6.45) is 0. The van der Waals surface area contributed by atoms with Crippen LogP contribution in [0.25, 0.3) is 0 Å². The highest BCUT2D eigenvalue weighted by Gasteiger charge is 2.41. The predicted octanol–water partition coefficient (Wildman–Crippen LogP) is 2.11. The van der Waals surface area contributed by atoms with Crippen molar-refractivity contribution in [1.29, 1.82) is 0 Å². The largest absolute Gasteiger partial charge is 0.583 e. The molecule has 0 heterocycles. The lowest BCUT2D eigenvalue weighted by molar-refractivity contribution is 0.0971. The number of thiol groups is 1. The third-order valence-corrected chi connectivity index (χ3v) is 6.97. The van der Waals surface area contributed by atoms with Gasteiger partial charge in [0.1, 0.15) is 0 Å². The first kappa shape index (κ1) is 12.8. The molecule has 12 heavy (non-hydrogen) atoms. The molecule has 0 aromatic rings. The van der Waals surface area contributed by atoms with E-state index in [0.717, 1.165) is 0 Å². The zero-order chi connectivity index (χ0) is 9.45. The van der Waals surface area contributed by atoms with Crippen LogP contribution in [0, 0.1) is 0 Å². The molecule has 0 aliphatic heterocycles. The zero-order valence-electron chi connectivity index (χ0n) is 7.70. The Bertz CT molecular complexity index is 97.9. The Balaban J connectivity index is 4.06. The Morgan fingerprint density at radius 2 is 1.33 bits per heavy atom. The molecule has 0 aliphatic rings. The quantitative estimate of drug-likeness (QED) is 0.410. The van der Waals surface area contributed by atoms with Gasteiger partial charge in [-0.25, -0.2) is 0 Å². The SMILES string of the molecule is CCO[Si](OCC)(OCC)SS. The first-order valence-corrected chi connectivity index (χ1v) is 8.30. The van der Waals surface area contributed by atoms with Crippen molar-refractivity contribution >= 4 is 29.9 Å². The Morgan fingerprint density at radius 1 is 1.00 bits per heavy atom. The molecular formula is C6H16O3S2Si. The Labute approximate surface area is 84.0 Å². The van der Waals surface area contributed by atoms with Gasteiger partial charge in [-0.15, -0.1) is 11.7 Å². The molecule has 0 N–H and O–H groups in total. The van der Waals surface area contributed by atoms with Crippen LogP contribution in [0.2, 0.25) is 0 Å². The van der Waals surface area contributed by atoms with Crippen LogP contribution < -0.4 is 0 Å². The average Bonchev–Trinajstić information content (AvgIpc) is 2.06. The van der Waals surface area contributed by atoms with Gasteiger partial charge in [-0.2, -0.15) is 0 Å². The molecule has 0 spiro atoms. The smallest absolute Gasteiger partial charge is 0.365 e. The van der Waals surface area contributed by atoms with Crippen LogP contribution in [-0.2, 0) is 13.3 Å². The van der Waals surface area contributed by atoms with Crippen LogP contribution >= 0.6 is 21.9 Å². The van der Waals surface area contributed by atoms with E-state index in [2.05, 4.69) is 11.7 Å². The van der Waals surface area contributed by atoms with E-state index in [4.69, 9.17) is 13.3 Å². The second kappa shape index (κ2) is 7.22. The summed E-state index contributed by atoms with van der Waals surface area (Å²) in [5, 5.41) is 0. The summed E-state index contributed by atoms with van der Waals surface area (Å²) in [6.45, 7) is 7.55. The number of rotatable bonds is 7. The van der Waals surface area contributed by atoms with E-state index in [1.165, 1.54) is 10.2 Å². The summed E-state index contributed by atoms with van der Waals surface area (Å²) < 4.78 is 16.3. The van der Waals surface area contributed by atoms with Gasteiger partial charge in [-0.1, -0.05) is 0 Å². The maximum absolute atomic E-state index is 5.44. The fraction of sp³-hybridized carbons (Fsp3) is 1.00. The van der Waals surface area contributed by atoms with Crippen molar-refractivity contribution < 1.29 is 13.3 Å². The van der Waals surface area contributed by atoms with Gasteiger partial charge in [0.2, 0.25) is 0 Å². The molecule has 0 unspecified atom stereocenters. The minimum absolute atomic E-state index is 0.597. The van der Waals surface area contributed by atoms with Crippen LogP contribution in [0.1, 0.15) is 20.8 Å². The van der Waals surface area contributed by atoms with Gasteiger partial charge in [-0.05, 0) is 31.0 Å². The maximum Gasteiger partial charge on any atom is 0.583 e. The second-order valence-electron chi connectivity index (χ2n) is 1.89. The molecule has 0 fully saturated rings. The molecule has 6 heteroatoms. The van der Waals surface area contributed by atoms with Gasteiger partial charge in [0.25, 0.3) is 0 Å². The molecule has 0 rings (SSSR count). The third kappa shape index (κ3) is 4.15. The van der Waals surface area contributed by atoms with Gasteiger partial charge >= 0.3 is 7.95 Å². The highest BCUT2D eigenvalue weighted by Crippen LogP contribution is 2.27. The lowest BCUT2D eigenvalue weighted by Gasteiger charge is -2.24. The summed E-state index contributed by atoms with van der Waals surface area (Å²) >= 11 is 4.11. The molecule has 0 saturated carbocycles. The van der Waals surface area contributed by atoms with Gasteiger partial charge in [0, 0.05) is 19.8 Å². The van der Waals surface area contributed by atoms with Crippen molar-refractivity contribution in [3.63, 3.8) is 0 Å². The molecular weight excluding hydrogens is 212 g/mol. The Morgan fingerprint density at radius 3 is 1.50 bits per heavy atom. The van der Waals surface area contributed by atoms with Gasteiger partial charge in [0.05, 0.1) is 0 Å². The van der Waals surface area contributed by atoms with Crippen molar-refractivity contribution in [2.75, 3.05) is 19.8 Å². The van der Waals surface area contributed by atoms with Crippen molar-refractivity contribution in [2.45, 2.75) is 20.8 Å². The molecule has 0 aliphatic carbocycles. The summed E-state index contributed by atoms with van der Waals surface area (Å²) in [5.41, 5.74) is 0. The van der Waals surface area contributed by atoms with E-state index in [-0.39, 0.29) is 0 Å². The van der Waals surface area contributed by atoms with E-state index < -0.39 is 7.95 Å². The van der Waals surface area contributed by atoms with Crippen molar-refractivity contribution in [1.82, 2.24) is 0 Å². The third-order valence-electron chi connectivity index (χ3n) is 1.08. The lowest BCUT2D eigenvalue weighted by Crippen LogP contribution is -2.41. The van der Waals surface area contributed by atoms with Crippen LogP contribution in [0.3, 0.4) is 0 Å². The molecule has 0 atom stereocenters. The topological polar surface area (TPSA) is 27.7 Å². The van der Waals surface area contributed by atoms with Crippen LogP contribution in [0.5, 0.6) is 0 Å². The van der Waals surface area contributed by atoms with Crippen molar-refractivity contribution in [3.05, 3.63) is 0 Å². The summed E-state index contributed by atoms with van der Waals surface area (Å²) in [7, 11) is -1.23. The first-order chi connectivity index (χ1) is 5.74. The van der Waals surface area contributed by atoms with Gasteiger partial charge in [0.15, 0.2) is 0 Å². The minimum atomic E-state index is -2.49. The summed E-state index contributed by atoms with van der Waals surface area (Å²) in [4.78, 5) is 0. The van der Waals surface area contributed by atoms with E-state index in [0.29, 0.717) is 19.8 Å². The van der Waals surface area contributed by atoms with Crippen LogP contribution in [-0.4, -0.2) is 27.8 Å². The maximum atomic E-state index is 5.44. The Hall–Kier alpha value is 0.797. The highest BCUT2D eigenvalue weighted by molar-refractivity contribution is 8.80. The summed E-state index contributed by atoms with van der Waals surface area (Å²) in [5.74, 6) is 0.